The van der Waals surface area contributed by atoms with Crippen molar-refractivity contribution in [2.75, 3.05) is 25.3 Å². The van der Waals surface area contributed by atoms with Gasteiger partial charge < -0.3 is 9.47 Å². The van der Waals surface area contributed by atoms with E-state index in [1.54, 1.807) is 31.0 Å². The number of fused-ring (bicyclic) bond motifs is 1. The highest BCUT2D eigenvalue weighted by molar-refractivity contribution is 7.98. The average molecular weight is 415 g/mol. The third-order valence-electron chi connectivity index (χ3n) is 3.72. The number of carbonyl (C=O) groups excluding carboxylic acids is 2. The number of nitrogens with one attached hydrogen (secondary N) is 1. The second-order valence-electron chi connectivity index (χ2n) is 5.62. The lowest BCUT2D eigenvalue weighted by Crippen LogP contribution is -2.19. The van der Waals surface area contributed by atoms with Gasteiger partial charge in [-0.15, -0.1) is 11.8 Å². The molecule has 144 valence electrons. The van der Waals surface area contributed by atoms with Crippen LogP contribution >= 0.6 is 23.1 Å². The molecule has 0 radical (unpaired) electrons. The topological polar surface area (TPSA) is 77.5 Å². The molecule has 1 amide bonds. The Balaban J connectivity index is 1.50. The molecule has 3 rings (SSSR count). The Morgan fingerprint density at radius 1 is 1.21 bits per heavy atom. The Hall–Kier alpha value is -2.84. The van der Waals surface area contributed by atoms with E-state index in [0.29, 0.717) is 5.13 Å². The number of thiazole rings is 1. The molecule has 0 unspecified atom stereocenters. The number of ether oxygens (including phenoxy) is 2. The molecule has 1 N–H and O–H groups in total. The van der Waals surface area contributed by atoms with E-state index in [1.807, 2.05) is 42.7 Å². The molecule has 1 aromatic heterocycles. The Labute approximate surface area is 170 Å². The third kappa shape index (κ3) is 5.34. The third-order valence-corrected chi connectivity index (χ3v) is 5.39. The van der Waals surface area contributed by atoms with Gasteiger partial charge >= 0.3 is 5.97 Å². The van der Waals surface area contributed by atoms with Gasteiger partial charge in [0.1, 0.15) is 5.75 Å². The van der Waals surface area contributed by atoms with Gasteiger partial charge in [0.15, 0.2) is 11.7 Å². The Bertz CT molecular complexity index is 1010. The van der Waals surface area contributed by atoms with Crippen LogP contribution in [0.1, 0.15) is 5.56 Å². The predicted octanol–water partition coefficient (Wildman–Crippen LogP) is 4.22. The van der Waals surface area contributed by atoms with E-state index in [2.05, 4.69) is 10.3 Å². The normalized spacial score (nSPS) is 10.9. The van der Waals surface area contributed by atoms with Crippen LogP contribution in [0.2, 0.25) is 0 Å². The molecule has 3 aromatic rings. The van der Waals surface area contributed by atoms with Crippen molar-refractivity contribution in [3.05, 3.63) is 54.1 Å². The van der Waals surface area contributed by atoms with Crippen LogP contribution < -0.4 is 10.1 Å². The molecular formula is C20H18N2O4S2. The average Bonchev–Trinajstić information content (AvgIpc) is 3.12. The van der Waals surface area contributed by atoms with Gasteiger partial charge in [-0.05, 0) is 48.2 Å². The number of methoxy groups -OCH3 is 1. The first-order valence-corrected chi connectivity index (χ1v) is 10.3. The Morgan fingerprint density at radius 2 is 2.00 bits per heavy atom. The molecule has 0 aliphatic heterocycles. The van der Waals surface area contributed by atoms with E-state index in [9.17, 15) is 9.59 Å². The minimum Gasteiger partial charge on any atom is -0.497 e. The summed E-state index contributed by atoms with van der Waals surface area (Å²) in [6.45, 7) is -0.381. The maximum Gasteiger partial charge on any atom is 0.331 e. The zero-order chi connectivity index (χ0) is 19.9. The summed E-state index contributed by atoms with van der Waals surface area (Å²) in [6, 6.07) is 13.2. The standard InChI is InChI=1S/C20H18N2O4S2/c1-25-14-6-9-16-17(11-14)28-20(21-16)22-18(23)12-26-19(24)10-5-13-3-7-15(27-2)8-4-13/h3-11H,12H2,1-2H3,(H,21,22,23)/b10-5+. The van der Waals surface area contributed by atoms with Crippen LogP contribution in [0.25, 0.3) is 16.3 Å². The second-order valence-corrected chi connectivity index (χ2v) is 7.53. The molecular weight excluding hydrogens is 396 g/mol. The molecule has 1 heterocycles. The number of amides is 1. The number of hydrogen-bond donors (Lipinski definition) is 1. The number of rotatable bonds is 7. The van der Waals surface area contributed by atoms with E-state index >= 15 is 0 Å². The summed E-state index contributed by atoms with van der Waals surface area (Å²) in [5, 5.41) is 3.07. The lowest BCUT2D eigenvalue weighted by Gasteiger charge is -2.02. The highest BCUT2D eigenvalue weighted by Gasteiger charge is 2.10. The molecule has 8 heteroatoms. The fraction of sp³-hybridized carbons (Fsp3) is 0.150. The van der Waals surface area contributed by atoms with Crippen molar-refractivity contribution in [2.24, 2.45) is 0 Å². The van der Waals surface area contributed by atoms with Crippen LogP contribution in [0.4, 0.5) is 5.13 Å². The summed E-state index contributed by atoms with van der Waals surface area (Å²) in [6.07, 6.45) is 4.94. The number of hydrogen-bond acceptors (Lipinski definition) is 7. The monoisotopic (exact) mass is 414 g/mol. The summed E-state index contributed by atoms with van der Waals surface area (Å²) < 4.78 is 11.0. The van der Waals surface area contributed by atoms with Crippen molar-refractivity contribution < 1.29 is 19.1 Å². The van der Waals surface area contributed by atoms with Crippen molar-refractivity contribution in [1.29, 1.82) is 0 Å². The van der Waals surface area contributed by atoms with Crippen LogP contribution in [-0.2, 0) is 14.3 Å². The molecule has 0 aliphatic rings. The number of nitrogens with zero attached hydrogens (tertiary/aromatic N) is 1. The van der Waals surface area contributed by atoms with E-state index in [1.165, 1.54) is 17.4 Å². The number of benzene rings is 2. The van der Waals surface area contributed by atoms with Gasteiger partial charge in [-0.2, -0.15) is 0 Å². The van der Waals surface area contributed by atoms with E-state index < -0.39 is 11.9 Å². The number of esters is 1. The minimum absolute atomic E-state index is 0.381. The molecule has 28 heavy (non-hydrogen) atoms. The second kappa shape index (κ2) is 9.38. The van der Waals surface area contributed by atoms with Gasteiger partial charge in [0, 0.05) is 11.0 Å². The van der Waals surface area contributed by atoms with Crippen LogP contribution in [0.5, 0.6) is 5.75 Å². The maximum atomic E-state index is 12.0. The van der Waals surface area contributed by atoms with Crippen LogP contribution in [0.15, 0.2) is 53.4 Å². The van der Waals surface area contributed by atoms with Gasteiger partial charge in [0.05, 0.1) is 17.3 Å². The summed E-state index contributed by atoms with van der Waals surface area (Å²) in [5.41, 5.74) is 1.64. The van der Waals surface area contributed by atoms with E-state index in [4.69, 9.17) is 9.47 Å². The maximum absolute atomic E-state index is 12.0. The quantitative estimate of drug-likeness (QED) is 0.354. The van der Waals surface area contributed by atoms with Gasteiger partial charge in [-0.3, -0.25) is 10.1 Å². The van der Waals surface area contributed by atoms with Crippen molar-refractivity contribution in [1.82, 2.24) is 4.98 Å². The fourth-order valence-electron chi connectivity index (χ4n) is 2.30. The highest BCUT2D eigenvalue weighted by atomic mass is 32.2. The fourth-order valence-corrected chi connectivity index (χ4v) is 3.62. The molecule has 0 atom stereocenters. The zero-order valence-corrected chi connectivity index (χ0v) is 16.9. The summed E-state index contributed by atoms with van der Waals surface area (Å²) >= 11 is 2.97. The first-order valence-electron chi connectivity index (χ1n) is 8.30. The SMILES string of the molecule is COc1ccc2nc(NC(=O)COC(=O)/C=C/c3ccc(SC)cc3)sc2c1. The molecule has 0 fully saturated rings. The van der Waals surface area contributed by atoms with Crippen LogP contribution in [0.3, 0.4) is 0 Å². The lowest BCUT2D eigenvalue weighted by molar-refractivity contribution is -0.142. The highest BCUT2D eigenvalue weighted by Crippen LogP contribution is 2.29. The lowest BCUT2D eigenvalue weighted by atomic mass is 10.2. The molecule has 0 saturated carbocycles. The minimum atomic E-state index is -0.585. The van der Waals surface area contributed by atoms with Crippen molar-refractivity contribution in [3.63, 3.8) is 0 Å². The van der Waals surface area contributed by atoms with E-state index in [-0.39, 0.29) is 6.61 Å². The number of aromatic nitrogens is 1. The first-order chi connectivity index (χ1) is 13.6. The summed E-state index contributed by atoms with van der Waals surface area (Å²) in [4.78, 5) is 29.2. The van der Waals surface area contributed by atoms with Crippen LogP contribution in [-0.4, -0.2) is 36.8 Å². The zero-order valence-electron chi connectivity index (χ0n) is 15.3. The number of anilines is 1. The first kappa shape index (κ1) is 19.9. The van der Waals surface area contributed by atoms with Gasteiger partial charge in [-0.25, -0.2) is 9.78 Å². The Morgan fingerprint density at radius 3 is 2.71 bits per heavy atom. The molecule has 0 bridgehead atoms. The number of thioether (sulfide) groups is 1. The van der Waals surface area contributed by atoms with Crippen molar-refractivity contribution in [3.8, 4) is 5.75 Å². The Kier molecular flexibility index (Phi) is 6.67. The molecule has 2 aromatic carbocycles. The molecule has 6 nitrogen and oxygen atoms in total. The van der Waals surface area contributed by atoms with E-state index in [0.717, 1.165) is 26.4 Å². The van der Waals surface area contributed by atoms with Crippen molar-refractivity contribution in [2.45, 2.75) is 4.90 Å². The summed E-state index contributed by atoms with van der Waals surface area (Å²) in [7, 11) is 1.59. The largest absolute Gasteiger partial charge is 0.497 e. The smallest absolute Gasteiger partial charge is 0.331 e. The van der Waals surface area contributed by atoms with Gasteiger partial charge in [-0.1, -0.05) is 23.5 Å². The predicted molar refractivity (Wildman–Crippen MR) is 113 cm³/mol. The molecule has 0 saturated heterocycles. The van der Waals surface area contributed by atoms with Crippen molar-refractivity contribution >= 4 is 56.4 Å². The van der Waals surface area contributed by atoms with Gasteiger partial charge in [0.25, 0.3) is 5.91 Å². The number of carbonyl (C=O) groups is 2. The molecule has 0 aliphatic carbocycles. The summed E-state index contributed by atoms with van der Waals surface area (Å²) in [5.74, 6) is -0.312. The van der Waals surface area contributed by atoms with Gasteiger partial charge in [0.2, 0.25) is 0 Å². The molecule has 0 spiro atoms. The van der Waals surface area contributed by atoms with Crippen LogP contribution in [0, 0.1) is 0 Å².